The molecule has 0 bridgehead atoms. The molecule has 1 aliphatic rings. The fraction of sp³-hybridized carbons (Fsp3) is 0.478. The van der Waals surface area contributed by atoms with Gasteiger partial charge in [0, 0.05) is 43.7 Å². The molecule has 0 radical (unpaired) electrons. The molecular formula is C23H28F3N5O. The van der Waals surface area contributed by atoms with E-state index in [1.54, 1.807) is 0 Å². The molecule has 0 unspecified atom stereocenters. The summed E-state index contributed by atoms with van der Waals surface area (Å²) in [6.45, 7) is 1.68. The second-order valence-electron chi connectivity index (χ2n) is 8.57. The van der Waals surface area contributed by atoms with Gasteiger partial charge in [0.2, 0.25) is 11.7 Å². The van der Waals surface area contributed by atoms with E-state index in [0.717, 1.165) is 42.4 Å². The maximum atomic E-state index is 13.1. The Morgan fingerprint density at radius 2 is 1.75 bits per heavy atom. The third-order valence-corrected chi connectivity index (χ3v) is 5.84. The second kappa shape index (κ2) is 8.97. The van der Waals surface area contributed by atoms with Crippen LogP contribution in [0.15, 0.2) is 34.7 Å². The van der Waals surface area contributed by atoms with Crippen molar-refractivity contribution in [1.29, 1.82) is 0 Å². The summed E-state index contributed by atoms with van der Waals surface area (Å²) in [5, 5.41) is 7.73. The van der Waals surface area contributed by atoms with Gasteiger partial charge in [0.05, 0.1) is 5.52 Å². The Morgan fingerprint density at radius 1 is 1.06 bits per heavy atom. The van der Waals surface area contributed by atoms with Crippen molar-refractivity contribution in [2.45, 2.75) is 57.4 Å². The molecule has 6 nitrogen and oxygen atoms in total. The zero-order valence-electron chi connectivity index (χ0n) is 18.5. The predicted octanol–water partition coefficient (Wildman–Crippen LogP) is 5.13. The molecule has 1 saturated carbocycles. The molecule has 172 valence electrons. The third-order valence-electron chi connectivity index (χ3n) is 5.84. The first kappa shape index (κ1) is 22.4. The minimum atomic E-state index is -4.47. The van der Waals surface area contributed by atoms with Crippen molar-refractivity contribution < 1.29 is 17.6 Å². The number of hydrogen-bond donors (Lipinski definition) is 2. The van der Waals surface area contributed by atoms with Gasteiger partial charge in [-0.1, -0.05) is 12.1 Å². The van der Waals surface area contributed by atoms with Crippen molar-refractivity contribution in [2.24, 2.45) is 0 Å². The van der Waals surface area contributed by atoms with Gasteiger partial charge < -0.3 is 20.0 Å². The van der Waals surface area contributed by atoms with Crippen LogP contribution in [0.1, 0.15) is 42.8 Å². The SMILES string of the molecule is Cc1cc(CNC2CCC(Nc3nc(N(C)C)c4ccccc4n3)CC2)c(C(F)(F)F)o1. The molecule has 3 aromatic rings. The Hall–Kier alpha value is -2.81. The van der Waals surface area contributed by atoms with Gasteiger partial charge in [-0.3, -0.25) is 0 Å². The van der Waals surface area contributed by atoms with Crippen LogP contribution in [0, 0.1) is 6.92 Å². The van der Waals surface area contributed by atoms with Crippen LogP contribution in [0.4, 0.5) is 24.9 Å². The van der Waals surface area contributed by atoms with Crippen molar-refractivity contribution >= 4 is 22.7 Å². The van der Waals surface area contributed by atoms with E-state index in [-0.39, 0.29) is 30.0 Å². The largest absolute Gasteiger partial charge is 0.456 e. The van der Waals surface area contributed by atoms with Crippen LogP contribution < -0.4 is 15.5 Å². The Balaban J connectivity index is 1.35. The molecule has 2 aromatic heterocycles. The molecule has 2 N–H and O–H groups in total. The monoisotopic (exact) mass is 447 g/mol. The van der Waals surface area contributed by atoms with Crippen molar-refractivity contribution in [3.05, 3.63) is 47.4 Å². The number of fused-ring (bicyclic) bond motifs is 1. The summed E-state index contributed by atoms with van der Waals surface area (Å²) in [7, 11) is 3.92. The van der Waals surface area contributed by atoms with Gasteiger partial charge in [-0.05, 0) is 50.8 Å². The van der Waals surface area contributed by atoms with Crippen LogP contribution in [0.2, 0.25) is 0 Å². The van der Waals surface area contributed by atoms with Gasteiger partial charge in [0.15, 0.2) is 0 Å². The van der Waals surface area contributed by atoms with E-state index in [2.05, 4.69) is 15.6 Å². The lowest BCUT2D eigenvalue weighted by atomic mass is 9.91. The fourth-order valence-electron chi connectivity index (χ4n) is 4.28. The number of nitrogens with zero attached hydrogens (tertiary/aromatic N) is 3. The van der Waals surface area contributed by atoms with Gasteiger partial charge in [0.25, 0.3) is 0 Å². The number of aromatic nitrogens is 2. The predicted molar refractivity (Wildman–Crippen MR) is 119 cm³/mol. The second-order valence-corrected chi connectivity index (χ2v) is 8.57. The molecule has 1 aromatic carbocycles. The lowest BCUT2D eigenvalue weighted by Gasteiger charge is -2.30. The Bertz CT molecular complexity index is 1070. The summed E-state index contributed by atoms with van der Waals surface area (Å²) < 4.78 is 44.2. The zero-order valence-corrected chi connectivity index (χ0v) is 18.5. The molecule has 32 heavy (non-hydrogen) atoms. The number of hydrogen-bond acceptors (Lipinski definition) is 6. The van der Waals surface area contributed by atoms with Crippen molar-refractivity contribution in [3.63, 3.8) is 0 Å². The quantitative estimate of drug-likeness (QED) is 0.546. The molecule has 0 amide bonds. The summed E-state index contributed by atoms with van der Waals surface area (Å²) in [5.74, 6) is 0.842. The lowest BCUT2D eigenvalue weighted by Crippen LogP contribution is -2.37. The topological polar surface area (TPSA) is 66.2 Å². The smallest absolute Gasteiger partial charge is 0.449 e. The summed E-state index contributed by atoms with van der Waals surface area (Å²) in [5.41, 5.74) is 1.05. The minimum Gasteiger partial charge on any atom is -0.456 e. The fourth-order valence-corrected chi connectivity index (χ4v) is 4.28. The average Bonchev–Trinajstić information content (AvgIpc) is 3.14. The standard InChI is InChI=1S/C23H28F3N5O/c1-14-12-15(20(32-14)23(24,25)26)13-27-16-8-10-17(11-9-16)28-22-29-19-7-5-4-6-18(19)21(30-22)31(2)3/h4-7,12,16-17,27H,8-11,13H2,1-3H3,(H,28,29,30). The Kier molecular flexibility index (Phi) is 6.28. The van der Waals surface area contributed by atoms with Crippen LogP contribution in [0.5, 0.6) is 0 Å². The van der Waals surface area contributed by atoms with E-state index in [0.29, 0.717) is 5.95 Å². The van der Waals surface area contributed by atoms with Crippen molar-refractivity contribution in [2.75, 3.05) is 24.3 Å². The zero-order chi connectivity index (χ0) is 22.9. The highest BCUT2D eigenvalue weighted by Crippen LogP contribution is 2.34. The maximum absolute atomic E-state index is 13.1. The highest BCUT2D eigenvalue weighted by Gasteiger charge is 2.38. The van der Waals surface area contributed by atoms with Crippen LogP contribution in [0.25, 0.3) is 10.9 Å². The van der Waals surface area contributed by atoms with Gasteiger partial charge in [-0.25, -0.2) is 4.98 Å². The average molecular weight is 448 g/mol. The minimum absolute atomic E-state index is 0.148. The first-order valence-corrected chi connectivity index (χ1v) is 10.8. The number of nitrogens with one attached hydrogen (secondary N) is 2. The Morgan fingerprint density at radius 3 is 2.44 bits per heavy atom. The van der Waals surface area contributed by atoms with Crippen molar-refractivity contribution in [3.8, 4) is 0 Å². The van der Waals surface area contributed by atoms with Crippen LogP contribution in [-0.4, -0.2) is 36.1 Å². The number of anilines is 2. The first-order chi connectivity index (χ1) is 15.2. The van der Waals surface area contributed by atoms with E-state index in [9.17, 15) is 13.2 Å². The van der Waals surface area contributed by atoms with Crippen molar-refractivity contribution in [1.82, 2.24) is 15.3 Å². The number of halogens is 3. The lowest BCUT2D eigenvalue weighted by molar-refractivity contribution is -0.154. The number of benzene rings is 1. The van der Waals surface area contributed by atoms with E-state index in [4.69, 9.17) is 9.40 Å². The number of para-hydroxylation sites is 1. The summed E-state index contributed by atoms with van der Waals surface area (Å²) in [4.78, 5) is 11.3. The third kappa shape index (κ3) is 4.98. The van der Waals surface area contributed by atoms with Gasteiger partial charge in [-0.15, -0.1) is 0 Å². The number of rotatable bonds is 6. The van der Waals surface area contributed by atoms with Crippen LogP contribution in [0.3, 0.4) is 0 Å². The molecule has 0 saturated heterocycles. The van der Waals surface area contributed by atoms with Gasteiger partial charge in [0.1, 0.15) is 11.6 Å². The number of alkyl halides is 3. The number of aryl methyl sites for hydroxylation is 1. The molecule has 1 fully saturated rings. The molecular weight excluding hydrogens is 419 g/mol. The normalized spacial score (nSPS) is 19.3. The maximum Gasteiger partial charge on any atom is 0.449 e. The van der Waals surface area contributed by atoms with E-state index in [1.807, 2.05) is 43.3 Å². The highest BCUT2D eigenvalue weighted by atomic mass is 19.4. The number of furan rings is 1. The van der Waals surface area contributed by atoms with Gasteiger partial charge >= 0.3 is 6.18 Å². The van der Waals surface area contributed by atoms with Crippen LogP contribution in [-0.2, 0) is 12.7 Å². The molecule has 9 heteroatoms. The molecule has 1 aliphatic carbocycles. The molecule has 4 rings (SSSR count). The van der Waals surface area contributed by atoms with E-state index < -0.39 is 11.9 Å². The first-order valence-electron chi connectivity index (χ1n) is 10.8. The highest BCUT2D eigenvalue weighted by molar-refractivity contribution is 5.90. The summed E-state index contributed by atoms with van der Waals surface area (Å²) in [6, 6.07) is 9.77. The molecule has 0 spiro atoms. The molecule has 0 aliphatic heterocycles. The van der Waals surface area contributed by atoms with Crippen LogP contribution >= 0.6 is 0 Å². The van der Waals surface area contributed by atoms with E-state index in [1.165, 1.54) is 13.0 Å². The summed E-state index contributed by atoms with van der Waals surface area (Å²) >= 11 is 0. The molecule has 2 heterocycles. The van der Waals surface area contributed by atoms with E-state index >= 15 is 0 Å². The van der Waals surface area contributed by atoms with Gasteiger partial charge in [-0.2, -0.15) is 18.2 Å². The summed E-state index contributed by atoms with van der Waals surface area (Å²) in [6.07, 6.45) is -0.963. The molecule has 0 atom stereocenters. The Labute approximate surface area is 185 Å².